The number of nitrogens with one attached hydrogen (secondary N) is 2. The van der Waals surface area contributed by atoms with Crippen LogP contribution in [0.15, 0.2) is 22.6 Å². The molecular weight excluding hydrogens is 342 g/mol. The Kier molecular flexibility index (Phi) is 3.88. The number of hydrogen-bond acceptors (Lipinski definition) is 4. The molecular formula is C20H23N5O2. The molecule has 1 atom stereocenters. The zero-order valence-electron chi connectivity index (χ0n) is 15.4. The van der Waals surface area contributed by atoms with Crippen molar-refractivity contribution in [1.82, 2.24) is 20.1 Å². The van der Waals surface area contributed by atoms with Crippen LogP contribution in [-0.2, 0) is 12.8 Å². The number of carbonyl (C=O) groups excluding carboxylic acids is 1. The molecule has 0 saturated carbocycles. The van der Waals surface area contributed by atoms with E-state index < -0.39 is 0 Å². The van der Waals surface area contributed by atoms with Gasteiger partial charge in [-0.1, -0.05) is 12.1 Å². The van der Waals surface area contributed by atoms with E-state index in [1.807, 2.05) is 24.0 Å². The minimum atomic E-state index is -0.123. The Balaban J connectivity index is 1.43. The van der Waals surface area contributed by atoms with Crippen LogP contribution >= 0.6 is 0 Å². The predicted octanol–water partition coefficient (Wildman–Crippen LogP) is 4.11. The number of aryl methyl sites for hydroxylation is 3. The molecule has 7 heteroatoms. The molecule has 0 unspecified atom stereocenters. The first-order valence-corrected chi connectivity index (χ1v) is 9.70. The van der Waals surface area contributed by atoms with Crippen LogP contribution in [-0.4, -0.2) is 32.7 Å². The van der Waals surface area contributed by atoms with Crippen LogP contribution in [0.1, 0.15) is 54.7 Å². The van der Waals surface area contributed by atoms with Crippen molar-refractivity contribution in [2.75, 3.05) is 11.9 Å². The second-order valence-corrected chi connectivity index (χ2v) is 7.45. The van der Waals surface area contributed by atoms with Gasteiger partial charge in [0, 0.05) is 23.9 Å². The monoisotopic (exact) mass is 365 g/mol. The predicted molar refractivity (Wildman–Crippen MR) is 102 cm³/mol. The van der Waals surface area contributed by atoms with E-state index in [0.29, 0.717) is 12.4 Å². The van der Waals surface area contributed by atoms with E-state index in [-0.39, 0.29) is 12.1 Å². The van der Waals surface area contributed by atoms with Crippen molar-refractivity contribution in [1.29, 1.82) is 0 Å². The summed E-state index contributed by atoms with van der Waals surface area (Å²) in [6, 6.07) is 5.79. The topological polar surface area (TPSA) is 87.1 Å². The minimum absolute atomic E-state index is 0.0843. The van der Waals surface area contributed by atoms with E-state index in [1.165, 1.54) is 18.4 Å². The molecule has 2 aromatic heterocycles. The Morgan fingerprint density at radius 2 is 2.19 bits per heavy atom. The Labute approximate surface area is 157 Å². The molecule has 0 radical (unpaired) electrons. The van der Waals surface area contributed by atoms with Gasteiger partial charge in [0.2, 0.25) is 0 Å². The van der Waals surface area contributed by atoms with Crippen LogP contribution in [0.2, 0.25) is 0 Å². The molecule has 2 amide bonds. The third kappa shape index (κ3) is 2.78. The molecule has 7 nitrogen and oxygen atoms in total. The van der Waals surface area contributed by atoms with Gasteiger partial charge in [0.15, 0.2) is 11.4 Å². The van der Waals surface area contributed by atoms with E-state index in [9.17, 15) is 4.79 Å². The van der Waals surface area contributed by atoms with Crippen molar-refractivity contribution in [3.8, 4) is 0 Å². The third-order valence-electron chi connectivity index (χ3n) is 5.65. The molecule has 1 aliphatic heterocycles. The van der Waals surface area contributed by atoms with E-state index in [2.05, 4.69) is 26.6 Å². The van der Waals surface area contributed by atoms with Gasteiger partial charge in [-0.15, -0.1) is 0 Å². The van der Waals surface area contributed by atoms with Crippen molar-refractivity contribution >= 4 is 22.7 Å². The number of rotatable bonds is 2. The maximum Gasteiger partial charge on any atom is 0.322 e. The highest BCUT2D eigenvalue weighted by molar-refractivity contribution is 6.00. The van der Waals surface area contributed by atoms with Crippen molar-refractivity contribution in [3.05, 3.63) is 41.2 Å². The number of furan rings is 1. The maximum atomic E-state index is 13.0. The molecule has 0 spiro atoms. The van der Waals surface area contributed by atoms with Gasteiger partial charge in [0.1, 0.15) is 11.6 Å². The summed E-state index contributed by atoms with van der Waals surface area (Å²) in [5, 5.41) is 11.3. The lowest BCUT2D eigenvalue weighted by molar-refractivity contribution is 0.205. The van der Waals surface area contributed by atoms with Gasteiger partial charge < -0.3 is 14.6 Å². The fourth-order valence-corrected chi connectivity index (χ4v) is 4.36. The highest BCUT2D eigenvalue weighted by atomic mass is 16.3. The number of H-pyrrole nitrogens is 1. The number of likely N-dealkylation sites (tertiary alicyclic amines) is 1. The summed E-state index contributed by atoms with van der Waals surface area (Å²) in [6.45, 7) is 2.57. The number of para-hydroxylation sites is 1. The van der Waals surface area contributed by atoms with E-state index >= 15 is 0 Å². The Bertz CT molecular complexity index is 1010. The lowest BCUT2D eigenvalue weighted by Crippen LogP contribution is -2.34. The number of urea groups is 1. The summed E-state index contributed by atoms with van der Waals surface area (Å²) < 4.78 is 6.14. The van der Waals surface area contributed by atoms with E-state index in [0.717, 1.165) is 53.9 Å². The number of hydrogen-bond donors (Lipinski definition) is 2. The summed E-state index contributed by atoms with van der Waals surface area (Å²) in [5.74, 6) is 2.53. The standard InChI is InChI=1S/C20H23N5O2/c1-12-21-19(24-23-12)16-9-5-11-25(16)20(26)22-15-8-4-7-14-13-6-2-3-10-17(13)27-18(14)15/h4,7-8,16H,2-3,5-6,9-11H2,1H3,(H,22,26)(H,21,23,24)/t16-/m0/s1. The highest BCUT2D eigenvalue weighted by Crippen LogP contribution is 2.36. The lowest BCUT2D eigenvalue weighted by Gasteiger charge is -2.22. The fraction of sp³-hybridized carbons (Fsp3) is 0.450. The maximum absolute atomic E-state index is 13.0. The van der Waals surface area contributed by atoms with Gasteiger partial charge in [-0.05, 0) is 45.1 Å². The molecule has 0 bridgehead atoms. The molecule has 1 aromatic carbocycles. The first-order chi connectivity index (χ1) is 13.2. The fourth-order valence-electron chi connectivity index (χ4n) is 4.36. The number of fused-ring (bicyclic) bond motifs is 3. The lowest BCUT2D eigenvalue weighted by atomic mass is 9.96. The summed E-state index contributed by atoms with van der Waals surface area (Å²) in [7, 11) is 0. The summed E-state index contributed by atoms with van der Waals surface area (Å²) in [6.07, 6.45) is 6.23. The smallest absolute Gasteiger partial charge is 0.322 e. The van der Waals surface area contributed by atoms with Gasteiger partial charge in [-0.25, -0.2) is 9.78 Å². The minimum Gasteiger partial charge on any atom is -0.459 e. The number of aromatic nitrogens is 3. The molecule has 3 aromatic rings. The zero-order valence-corrected chi connectivity index (χ0v) is 15.4. The van der Waals surface area contributed by atoms with Crippen LogP contribution in [0.4, 0.5) is 10.5 Å². The molecule has 27 heavy (non-hydrogen) atoms. The molecule has 1 saturated heterocycles. The van der Waals surface area contributed by atoms with Gasteiger partial charge in [-0.3, -0.25) is 5.10 Å². The molecule has 5 rings (SSSR count). The molecule has 1 aliphatic carbocycles. The number of aromatic amines is 1. The Hall–Kier alpha value is -2.83. The normalized spacial score (nSPS) is 19.4. The van der Waals surface area contributed by atoms with Gasteiger partial charge in [-0.2, -0.15) is 5.10 Å². The van der Waals surface area contributed by atoms with Crippen molar-refractivity contribution in [2.24, 2.45) is 0 Å². The molecule has 1 fully saturated rings. The zero-order chi connectivity index (χ0) is 18.4. The van der Waals surface area contributed by atoms with Gasteiger partial charge >= 0.3 is 6.03 Å². The second kappa shape index (κ2) is 6.40. The highest BCUT2D eigenvalue weighted by Gasteiger charge is 2.33. The molecule has 140 valence electrons. The van der Waals surface area contributed by atoms with Gasteiger partial charge in [0.25, 0.3) is 0 Å². The van der Waals surface area contributed by atoms with Crippen molar-refractivity contribution in [3.63, 3.8) is 0 Å². The molecule has 3 heterocycles. The first kappa shape index (κ1) is 16.4. The Morgan fingerprint density at radius 1 is 1.30 bits per heavy atom. The van der Waals surface area contributed by atoms with Crippen molar-refractivity contribution < 1.29 is 9.21 Å². The van der Waals surface area contributed by atoms with Crippen LogP contribution in [0.3, 0.4) is 0 Å². The van der Waals surface area contributed by atoms with Crippen LogP contribution in [0, 0.1) is 6.92 Å². The first-order valence-electron chi connectivity index (χ1n) is 9.70. The van der Waals surface area contributed by atoms with Crippen LogP contribution in [0.25, 0.3) is 11.0 Å². The average molecular weight is 365 g/mol. The SMILES string of the molecule is Cc1nc([C@@H]2CCCN2C(=O)Nc2cccc3c4c(oc23)CCCC4)n[nH]1. The number of anilines is 1. The average Bonchev–Trinajstić information content (AvgIpc) is 3.39. The van der Waals surface area contributed by atoms with E-state index in [1.54, 1.807) is 0 Å². The summed E-state index contributed by atoms with van der Waals surface area (Å²) in [4.78, 5) is 19.2. The number of benzene rings is 1. The summed E-state index contributed by atoms with van der Waals surface area (Å²) in [5.41, 5.74) is 2.84. The number of carbonyl (C=O) groups is 1. The summed E-state index contributed by atoms with van der Waals surface area (Å²) >= 11 is 0. The Morgan fingerprint density at radius 3 is 3.04 bits per heavy atom. The molecule has 2 aliphatic rings. The van der Waals surface area contributed by atoms with E-state index in [4.69, 9.17) is 4.42 Å². The number of nitrogens with zero attached hydrogens (tertiary/aromatic N) is 3. The largest absolute Gasteiger partial charge is 0.459 e. The van der Waals surface area contributed by atoms with Crippen molar-refractivity contribution in [2.45, 2.75) is 51.5 Å². The third-order valence-corrected chi connectivity index (χ3v) is 5.65. The van der Waals surface area contributed by atoms with Crippen LogP contribution < -0.4 is 5.32 Å². The molecule has 2 N–H and O–H groups in total. The van der Waals surface area contributed by atoms with Crippen LogP contribution in [0.5, 0.6) is 0 Å². The quantitative estimate of drug-likeness (QED) is 0.715. The van der Waals surface area contributed by atoms with Gasteiger partial charge in [0.05, 0.1) is 11.7 Å². The number of amides is 2. The second-order valence-electron chi connectivity index (χ2n) is 7.45.